The zero-order chi connectivity index (χ0) is 13.7. The van der Waals surface area contributed by atoms with Gasteiger partial charge in [-0.1, -0.05) is 26.2 Å². The van der Waals surface area contributed by atoms with Gasteiger partial charge >= 0.3 is 0 Å². The Labute approximate surface area is 118 Å². The number of hydrogen-bond donors (Lipinski definition) is 1. The summed E-state index contributed by atoms with van der Waals surface area (Å²) < 4.78 is 0. The zero-order valence-electron chi connectivity index (χ0n) is 12.7. The van der Waals surface area contributed by atoms with Crippen molar-refractivity contribution in [3.63, 3.8) is 0 Å². The smallest absolute Gasteiger partial charge is 0.236 e. The van der Waals surface area contributed by atoms with Gasteiger partial charge in [-0.15, -0.1) is 0 Å². The minimum atomic E-state index is 0.327. The average molecular weight is 266 g/mol. The van der Waals surface area contributed by atoms with Crippen LogP contribution in [0.1, 0.15) is 65.2 Å². The van der Waals surface area contributed by atoms with Crippen LogP contribution >= 0.6 is 0 Å². The maximum absolute atomic E-state index is 12.4. The first kappa shape index (κ1) is 14.8. The Bertz CT molecular complexity index is 282. The number of amides is 1. The first-order valence-electron chi connectivity index (χ1n) is 8.23. The molecule has 1 unspecified atom stereocenters. The van der Waals surface area contributed by atoms with Gasteiger partial charge in [0.05, 0.1) is 6.54 Å². The van der Waals surface area contributed by atoms with Crippen LogP contribution in [-0.4, -0.2) is 36.0 Å². The highest BCUT2D eigenvalue weighted by Gasteiger charge is 2.33. The zero-order valence-corrected chi connectivity index (χ0v) is 12.7. The molecule has 3 heteroatoms. The van der Waals surface area contributed by atoms with Crippen molar-refractivity contribution in [3.8, 4) is 0 Å². The molecule has 1 amide bonds. The second-order valence-corrected chi connectivity index (χ2v) is 6.47. The molecule has 2 saturated carbocycles. The summed E-state index contributed by atoms with van der Waals surface area (Å²) in [4.78, 5) is 14.6. The van der Waals surface area contributed by atoms with Gasteiger partial charge in [0.1, 0.15) is 0 Å². The number of carbonyl (C=O) groups excluding carboxylic acids is 1. The molecule has 2 aliphatic rings. The summed E-state index contributed by atoms with van der Waals surface area (Å²) in [5.74, 6) is 1.09. The quantitative estimate of drug-likeness (QED) is 0.768. The second kappa shape index (κ2) is 7.28. The Balaban J connectivity index is 1.79. The number of nitrogens with zero attached hydrogens (tertiary/aromatic N) is 1. The summed E-state index contributed by atoms with van der Waals surface area (Å²) in [6.07, 6.45) is 10.3. The molecule has 0 heterocycles. The SMILES string of the molecule is CCC(C)NCC(=O)N(CC1CCCCC1)C1CC1. The van der Waals surface area contributed by atoms with E-state index in [1.165, 1.54) is 44.9 Å². The van der Waals surface area contributed by atoms with E-state index >= 15 is 0 Å². The highest BCUT2D eigenvalue weighted by molar-refractivity contribution is 5.79. The Morgan fingerprint density at radius 2 is 1.89 bits per heavy atom. The average Bonchev–Trinajstić information content (AvgIpc) is 3.27. The number of nitrogens with one attached hydrogen (secondary N) is 1. The van der Waals surface area contributed by atoms with Crippen LogP contribution in [-0.2, 0) is 4.79 Å². The van der Waals surface area contributed by atoms with Gasteiger partial charge < -0.3 is 10.2 Å². The van der Waals surface area contributed by atoms with Gasteiger partial charge in [0.15, 0.2) is 0 Å². The third-order valence-electron chi connectivity index (χ3n) is 4.70. The Hall–Kier alpha value is -0.570. The standard InChI is InChI=1S/C16H30N2O/c1-3-13(2)17-11-16(19)18(15-9-10-15)12-14-7-5-4-6-8-14/h13-15,17H,3-12H2,1-2H3. The number of hydrogen-bond acceptors (Lipinski definition) is 2. The van der Waals surface area contributed by atoms with E-state index in [-0.39, 0.29) is 0 Å². The summed E-state index contributed by atoms with van der Waals surface area (Å²) in [6.45, 7) is 5.85. The highest BCUT2D eigenvalue weighted by atomic mass is 16.2. The van der Waals surface area contributed by atoms with E-state index in [2.05, 4.69) is 24.1 Å². The molecule has 2 fully saturated rings. The molecule has 0 aliphatic heterocycles. The monoisotopic (exact) mass is 266 g/mol. The summed E-state index contributed by atoms with van der Waals surface area (Å²) in [5, 5.41) is 3.34. The van der Waals surface area contributed by atoms with Gasteiger partial charge in [-0.2, -0.15) is 0 Å². The van der Waals surface area contributed by atoms with Gasteiger partial charge in [0, 0.05) is 18.6 Å². The number of rotatable bonds is 7. The predicted octanol–water partition coefficient (Wildman–Crippen LogP) is 2.95. The normalized spacial score (nSPS) is 22.2. The van der Waals surface area contributed by atoms with Gasteiger partial charge in [-0.25, -0.2) is 0 Å². The van der Waals surface area contributed by atoms with E-state index in [1.54, 1.807) is 0 Å². The molecule has 19 heavy (non-hydrogen) atoms. The molecule has 1 atom stereocenters. The van der Waals surface area contributed by atoms with E-state index in [0.29, 0.717) is 24.5 Å². The minimum Gasteiger partial charge on any atom is -0.338 e. The molecular formula is C16H30N2O. The van der Waals surface area contributed by atoms with Crippen LogP contribution in [0.2, 0.25) is 0 Å². The summed E-state index contributed by atoms with van der Waals surface area (Å²) >= 11 is 0. The van der Waals surface area contributed by atoms with Gasteiger partial charge in [0.2, 0.25) is 5.91 Å². The van der Waals surface area contributed by atoms with Crippen LogP contribution in [0.5, 0.6) is 0 Å². The predicted molar refractivity (Wildman–Crippen MR) is 79.1 cm³/mol. The van der Waals surface area contributed by atoms with Gasteiger partial charge in [-0.3, -0.25) is 4.79 Å². The fourth-order valence-electron chi connectivity index (χ4n) is 3.00. The molecule has 3 nitrogen and oxygen atoms in total. The third-order valence-corrected chi connectivity index (χ3v) is 4.70. The lowest BCUT2D eigenvalue weighted by atomic mass is 9.89. The molecule has 2 aliphatic carbocycles. The lowest BCUT2D eigenvalue weighted by molar-refractivity contribution is -0.131. The Kier molecular flexibility index (Phi) is 5.68. The van der Waals surface area contributed by atoms with E-state index in [4.69, 9.17) is 0 Å². The topological polar surface area (TPSA) is 32.3 Å². The van der Waals surface area contributed by atoms with Crippen LogP contribution < -0.4 is 5.32 Å². The van der Waals surface area contributed by atoms with Crippen molar-refractivity contribution >= 4 is 5.91 Å². The van der Waals surface area contributed by atoms with E-state index in [9.17, 15) is 4.79 Å². The van der Waals surface area contributed by atoms with E-state index in [1.807, 2.05) is 0 Å². The first-order chi connectivity index (χ1) is 9.20. The molecule has 1 N–H and O–H groups in total. The lowest BCUT2D eigenvalue weighted by Crippen LogP contribution is -2.44. The molecule has 0 aromatic heterocycles. The van der Waals surface area contributed by atoms with E-state index < -0.39 is 0 Å². The minimum absolute atomic E-state index is 0.327. The van der Waals surface area contributed by atoms with Gasteiger partial charge in [-0.05, 0) is 44.9 Å². The maximum Gasteiger partial charge on any atom is 0.236 e. The molecule has 0 saturated heterocycles. The van der Waals surface area contributed by atoms with Gasteiger partial charge in [0.25, 0.3) is 0 Å². The van der Waals surface area contributed by atoms with E-state index in [0.717, 1.165) is 18.9 Å². The molecule has 2 rings (SSSR count). The molecule has 110 valence electrons. The van der Waals surface area contributed by atoms with Crippen LogP contribution in [0.3, 0.4) is 0 Å². The fraction of sp³-hybridized carbons (Fsp3) is 0.938. The van der Waals surface area contributed by atoms with Crippen LogP contribution in [0.4, 0.5) is 0 Å². The van der Waals surface area contributed by atoms with Crippen LogP contribution in [0.15, 0.2) is 0 Å². The lowest BCUT2D eigenvalue weighted by Gasteiger charge is -2.30. The van der Waals surface area contributed by atoms with Crippen molar-refractivity contribution in [1.82, 2.24) is 10.2 Å². The van der Waals surface area contributed by atoms with Crippen molar-refractivity contribution in [1.29, 1.82) is 0 Å². The maximum atomic E-state index is 12.4. The second-order valence-electron chi connectivity index (χ2n) is 6.47. The van der Waals surface area contributed by atoms with Crippen LogP contribution in [0, 0.1) is 5.92 Å². The van der Waals surface area contributed by atoms with Crippen molar-refractivity contribution in [2.24, 2.45) is 5.92 Å². The third kappa shape index (κ3) is 4.79. The molecule has 0 spiro atoms. The largest absolute Gasteiger partial charge is 0.338 e. The molecule has 0 bridgehead atoms. The van der Waals surface area contributed by atoms with Crippen molar-refractivity contribution in [2.45, 2.75) is 77.3 Å². The summed E-state index contributed by atoms with van der Waals surface area (Å²) in [5.41, 5.74) is 0. The molecule has 0 radical (unpaired) electrons. The molecule has 0 aromatic rings. The number of carbonyl (C=O) groups is 1. The summed E-state index contributed by atoms with van der Waals surface area (Å²) in [7, 11) is 0. The Morgan fingerprint density at radius 1 is 1.21 bits per heavy atom. The molecular weight excluding hydrogens is 236 g/mol. The highest BCUT2D eigenvalue weighted by Crippen LogP contribution is 2.31. The first-order valence-corrected chi connectivity index (χ1v) is 8.23. The fourth-order valence-corrected chi connectivity index (χ4v) is 3.00. The van der Waals surface area contributed by atoms with Crippen LogP contribution in [0.25, 0.3) is 0 Å². The van der Waals surface area contributed by atoms with Crippen molar-refractivity contribution < 1.29 is 4.79 Å². The van der Waals surface area contributed by atoms with Crippen molar-refractivity contribution in [2.75, 3.05) is 13.1 Å². The van der Waals surface area contributed by atoms with Crippen molar-refractivity contribution in [3.05, 3.63) is 0 Å². The summed E-state index contributed by atoms with van der Waals surface area (Å²) in [6, 6.07) is 1.01. The Morgan fingerprint density at radius 3 is 2.47 bits per heavy atom. The molecule has 0 aromatic carbocycles.